The van der Waals surface area contributed by atoms with Crippen molar-refractivity contribution in [3.05, 3.63) is 162 Å². The monoisotopic (exact) mass is 499 g/mol. The molecule has 0 N–H and O–H groups in total. The normalized spacial score (nSPS) is 17.5. The molecule has 2 atom stereocenters. The number of aryl methyl sites for hydroxylation is 1. The summed E-state index contributed by atoms with van der Waals surface area (Å²) < 4.78 is 2.41. The van der Waals surface area contributed by atoms with Crippen LogP contribution >= 0.6 is 0 Å². The number of nitrogens with zero attached hydrogens (tertiary/aromatic N) is 1. The van der Waals surface area contributed by atoms with Crippen molar-refractivity contribution in [2.24, 2.45) is 0 Å². The van der Waals surface area contributed by atoms with E-state index in [1.807, 2.05) is 0 Å². The highest BCUT2D eigenvalue weighted by Crippen LogP contribution is 2.50. The Kier molecular flexibility index (Phi) is 5.16. The molecule has 0 aliphatic heterocycles. The van der Waals surface area contributed by atoms with Crippen LogP contribution in [0.5, 0.6) is 0 Å². The summed E-state index contributed by atoms with van der Waals surface area (Å²) in [5.41, 5.74) is 12.2. The second-order valence-corrected chi connectivity index (χ2v) is 10.9. The van der Waals surface area contributed by atoms with Crippen molar-refractivity contribution in [2.45, 2.75) is 24.7 Å². The number of benzene rings is 5. The van der Waals surface area contributed by atoms with Gasteiger partial charge in [-0.1, -0.05) is 121 Å². The van der Waals surface area contributed by atoms with Gasteiger partial charge in [0.15, 0.2) is 0 Å². The van der Waals surface area contributed by atoms with E-state index in [4.69, 9.17) is 0 Å². The topological polar surface area (TPSA) is 4.93 Å². The largest absolute Gasteiger partial charge is 0.309 e. The van der Waals surface area contributed by atoms with Gasteiger partial charge in [0.1, 0.15) is 0 Å². The van der Waals surface area contributed by atoms with Gasteiger partial charge in [-0.3, -0.25) is 0 Å². The Balaban J connectivity index is 1.11. The van der Waals surface area contributed by atoms with Crippen molar-refractivity contribution in [3.63, 3.8) is 0 Å². The summed E-state index contributed by atoms with van der Waals surface area (Å²) in [5.74, 6) is 0.818. The molecule has 1 heteroatoms. The summed E-state index contributed by atoms with van der Waals surface area (Å²) in [4.78, 5) is 0. The number of allylic oxidation sites excluding steroid dienone is 4. The van der Waals surface area contributed by atoms with E-state index in [0.717, 1.165) is 12.8 Å². The molecule has 8 rings (SSSR count). The molecule has 0 saturated heterocycles. The van der Waals surface area contributed by atoms with Gasteiger partial charge in [0.2, 0.25) is 0 Å². The van der Waals surface area contributed by atoms with Crippen molar-refractivity contribution in [2.75, 3.05) is 0 Å². The zero-order chi connectivity index (χ0) is 25.8. The van der Waals surface area contributed by atoms with Gasteiger partial charge < -0.3 is 4.57 Å². The van der Waals surface area contributed by atoms with Gasteiger partial charge in [0.25, 0.3) is 0 Å². The third-order valence-corrected chi connectivity index (χ3v) is 8.68. The Labute approximate surface area is 229 Å². The highest BCUT2D eigenvalue weighted by molar-refractivity contribution is 6.09. The predicted octanol–water partition coefficient (Wildman–Crippen LogP) is 9.76. The maximum atomic E-state index is 2.54. The first-order valence-electron chi connectivity index (χ1n) is 14.0. The molecule has 2 aliphatic rings. The average Bonchev–Trinajstić information content (AvgIpc) is 3.35. The number of rotatable bonds is 4. The minimum atomic E-state index is 0.403. The molecule has 0 amide bonds. The van der Waals surface area contributed by atoms with Crippen LogP contribution in [0, 0.1) is 0 Å². The third kappa shape index (κ3) is 3.61. The van der Waals surface area contributed by atoms with Crippen molar-refractivity contribution in [1.29, 1.82) is 0 Å². The van der Waals surface area contributed by atoms with E-state index in [1.54, 1.807) is 0 Å². The summed E-state index contributed by atoms with van der Waals surface area (Å²) in [5, 5.41) is 2.61. The molecule has 6 aromatic rings. The number of hydrogen-bond acceptors (Lipinski definition) is 0. The molecule has 2 aliphatic carbocycles. The maximum absolute atomic E-state index is 2.54. The molecule has 2 unspecified atom stereocenters. The van der Waals surface area contributed by atoms with Crippen LogP contribution in [0.3, 0.4) is 0 Å². The fourth-order valence-electron chi connectivity index (χ4n) is 6.89. The van der Waals surface area contributed by atoms with Crippen LogP contribution in [0.4, 0.5) is 0 Å². The minimum Gasteiger partial charge on any atom is -0.309 e. The Morgan fingerprint density at radius 1 is 0.538 bits per heavy atom. The lowest BCUT2D eigenvalue weighted by atomic mass is 9.69. The van der Waals surface area contributed by atoms with Gasteiger partial charge in [0.05, 0.1) is 11.0 Å². The first-order valence-corrected chi connectivity index (χ1v) is 14.0. The highest BCUT2D eigenvalue weighted by atomic mass is 15.0. The molecule has 0 radical (unpaired) electrons. The molecule has 1 aromatic heterocycles. The van der Waals surface area contributed by atoms with E-state index in [9.17, 15) is 0 Å². The molecule has 0 spiro atoms. The van der Waals surface area contributed by atoms with Crippen LogP contribution in [-0.2, 0) is 6.42 Å². The minimum absolute atomic E-state index is 0.403. The van der Waals surface area contributed by atoms with E-state index in [2.05, 4.69) is 144 Å². The van der Waals surface area contributed by atoms with E-state index < -0.39 is 0 Å². The van der Waals surface area contributed by atoms with Crippen LogP contribution in [0.1, 0.15) is 34.9 Å². The second kappa shape index (κ2) is 8.99. The molecule has 0 saturated carbocycles. The molecular formula is C38H29N. The predicted molar refractivity (Wildman–Crippen MR) is 164 cm³/mol. The Hall–Kier alpha value is -4.62. The maximum Gasteiger partial charge on any atom is 0.0541 e. The van der Waals surface area contributed by atoms with Crippen molar-refractivity contribution >= 4 is 21.8 Å². The number of para-hydroxylation sites is 2. The first kappa shape index (κ1) is 22.4. The van der Waals surface area contributed by atoms with Crippen LogP contribution in [0.15, 0.2) is 145 Å². The summed E-state index contributed by atoms with van der Waals surface area (Å²) in [6.07, 6.45) is 9.43. The lowest BCUT2D eigenvalue weighted by molar-refractivity contribution is 0.706. The van der Waals surface area contributed by atoms with Gasteiger partial charge in [-0.2, -0.15) is 0 Å². The first-order chi connectivity index (χ1) is 19.3. The fraction of sp³-hybridized carbons (Fsp3) is 0.105. The number of aromatic nitrogens is 1. The van der Waals surface area contributed by atoms with Crippen LogP contribution in [-0.4, -0.2) is 4.57 Å². The zero-order valence-electron chi connectivity index (χ0n) is 21.8. The average molecular weight is 500 g/mol. The second-order valence-electron chi connectivity index (χ2n) is 10.9. The summed E-state index contributed by atoms with van der Waals surface area (Å²) in [6.45, 7) is 0. The van der Waals surface area contributed by atoms with Gasteiger partial charge in [-0.25, -0.2) is 0 Å². The summed E-state index contributed by atoms with van der Waals surface area (Å²) in [6, 6.07) is 44.5. The molecule has 0 fully saturated rings. The van der Waals surface area contributed by atoms with E-state index in [-0.39, 0.29) is 0 Å². The zero-order valence-corrected chi connectivity index (χ0v) is 21.8. The molecular weight excluding hydrogens is 470 g/mol. The van der Waals surface area contributed by atoms with Crippen LogP contribution in [0.25, 0.3) is 38.6 Å². The number of fused-ring (bicyclic) bond motifs is 9. The summed E-state index contributed by atoms with van der Waals surface area (Å²) in [7, 11) is 0. The van der Waals surface area contributed by atoms with E-state index in [1.165, 1.54) is 60.9 Å². The molecule has 1 heterocycles. The summed E-state index contributed by atoms with van der Waals surface area (Å²) >= 11 is 0. The highest BCUT2D eigenvalue weighted by Gasteiger charge is 2.32. The van der Waals surface area contributed by atoms with Gasteiger partial charge in [-0.15, -0.1) is 0 Å². The lowest BCUT2D eigenvalue weighted by Crippen LogP contribution is -2.17. The SMILES string of the molecule is C1=CC2c3ccccc3-c3ccccc3C2C=C1CCc1cccc(-n2c3ccccc3c3ccccc32)c1. The number of hydrogen-bond donors (Lipinski definition) is 0. The quantitative estimate of drug-likeness (QED) is 0.227. The lowest BCUT2D eigenvalue weighted by Gasteiger charge is -2.35. The van der Waals surface area contributed by atoms with Gasteiger partial charge in [-0.05, 0) is 64.9 Å². The molecule has 5 aromatic carbocycles. The Morgan fingerprint density at radius 3 is 1.87 bits per heavy atom. The van der Waals surface area contributed by atoms with E-state index >= 15 is 0 Å². The van der Waals surface area contributed by atoms with Crippen molar-refractivity contribution < 1.29 is 0 Å². The van der Waals surface area contributed by atoms with Crippen LogP contribution < -0.4 is 0 Å². The molecule has 1 nitrogen and oxygen atoms in total. The smallest absolute Gasteiger partial charge is 0.0541 e. The van der Waals surface area contributed by atoms with Crippen molar-refractivity contribution in [1.82, 2.24) is 4.57 Å². The van der Waals surface area contributed by atoms with E-state index in [0.29, 0.717) is 11.8 Å². The van der Waals surface area contributed by atoms with Gasteiger partial charge in [0, 0.05) is 28.3 Å². The standard InChI is InChI=1S/C38H29N/c1-2-14-31-29(12-1)30-13-3-4-15-32(30)36-25-27(22-23-33(31)36)21-20-26-10-9-11-28(24-26)39-37-18-7-5-16-34(37)35-17-6-8-19-38(35)39/h1-19,22-25,33,36H,20-21H2. The van der Waals surface area contributed by atoms with Crippen LogP contribution in [0.2, 0.25) is 0 Å². The molecule has 186 valence electrons. The third-order valence-electron chi connectivity index (χ3n) is 8.68. The molecule has 0 bridgehead atoms. The fourth-order valence-corrected chi connectivity index (χ4v) is 6.89. The Bertz CT molecular complexity index is 1880. The molecule has 39 heavy (non-hydrogen) atoms. The Morgan fingerprint density at radius 2 is 1.15 bits per heavy atom. The van der Waals surface area contributed by atoms with Gasteiger partial charge >= 0.3 is 0 Å². The van der Waals surface area contributed by atoms with Crippen molar-refractivity contribution in [3.8, 4) is 16.8 Å².